The van der Waals surface area contributed by atoms with Gasteiger partial charge in [0.05, 0.1) is 17.9 Å². The van der Waals surface area contributed by atoms with Crippen LogP contribution in [-0.4, -0.2) is 72.3 Å². The van der Waals surface area contributed by atoms with E-state index in [1.807, 2.05) is 78.4 Å². The number of hydrazone groups is 1. The molecule has 3 aliphatic heterocycles. The Bertz CT molecular complexity index is 1390. The van der Waals surface area contributed by atoms with Crippen LogP contribution in [0.2, 0.25) is 5.02 Å². The fourth-order valence-corrected chi connectivity index (χ4v) is 6.07. The van der Waals surface area contributed by atoms with Gasteiger partial charge in [0.25, 0.3) is 6.35 Å². The second kappa shape index (κ2) is 12.7. The lowest BCUT2D eigenvalue weighted by atomic mass is 10.1. The molecule has 9 heteroatoms. The lowest BCUT2D eigenvalue weighted by Crippen LogP contribution is -2.51. The Morgan fingerprint density at radius 3 is 2.45 bits per heavy atom. The number of halogens is 1. The summed E-state index contributed by atoms with van der Waals surface area (Å²) in [5.41, 5.74) is 2.94. The zero-order chi connectivity index (χ0) is 29.1. The van der Waals surface area contributed by atoms with Crippen LogP contribution in [0.3, 0.4) is 0 Å². The summed E-state index contributed by atoms with van der Waals surface area (Å²) in [4.78, 5) is 17.5. The molecule has 3 heterocycles. The zero-order valence-electron chi connectivity index (χ0n) is 24.2. The van der Waals surface area contributed by atoms with Gasteiger partial charge in [-0.3, -0.25) is 14.6 Å². The molecule has 0 aliphatic carbocycles. The number of carbonyl (C=O) groups is 1. The van der Waals surface area contributed by atoms with Crippen LogP contribution in [0.4, 0.5) is 5.69 Å². The van der Waals surface area contributed by atoms with Crippen LogP contribution in [0.1, 0.15) is 37.8 Å². The first-order valence-corrected chi connectivity index (χ1v) is 15.2. The lowest BCUT2D eigenvalue weighted by molar-refractivity contribution is -0.123. The summed E-state index contributed by atoms with van der Waals surface area (Å²) in [7, 11) is 0. The van der Waals surface area contributed by atoms with Crippen LogP contribution >= 0.6 is 11.6 Å². The molecule has 3 atom stereocenters. The minimum atomic E-state index is -0.686. The van der Waals surface area contributed by atoms with Crippen molar-refractivity contribution in [1.82, 2.24) is 15.1 Å². The SMILES string of the molecule is CC(C)NC(=O)CN1C(c2cccc(Cl)c2)=NN(c2ccc(CCN3CC4CCC(C3)O4)cc2)C1Oc1ccccc1. The normalized spacial score (nSPS) is 22.0. The summed E-state index contributed by atoms with van der Waals surface area (Å²) < 4.78 is 12.5. The molecule has 0 radical (unpaired) electrons. The molecule has 1 amide bonds. The van der Waals surface area contributed by atoms with E-state index in [4.69, 9.17) is 26.2 Å². The third-order valence-corrected chi connectivity index (χ3v) is 8.05. The number of benzene rings is 3. The predicted octanol–water partition coefficient (Wildman–Crippen LogP) is 5.12. The van der Waals surface area contributed by atoms with Crippen LogP contribution in [0.15, 0.2) is 84.0 Å². The van der Waals surface area contributed by atoms with E-state index in [-0.39, 0.29) is 18.5 Å². The largest absolute Gasteiger partial charge is 0.450 e. The zero-order valence-corrected chi connectivity index (χ0v) is 24.9. The summed E-state index contributed by atoms with van der Waals surface area (Å²) in [5, 5.41) is 10.5. The van der Waals surface area contributed by atoms with Gasteiger partial charge in [0.2, 0.25) is 5.91 Å². The number of amidine groups is 1. The van der Waals surface area contributed by atoms with Crippen molar-refractivity contribution in [2.45, 2.75) is 57.7 Å². The highest BCUT2D eigenvalue weighted by molar-refractivity contribution is 6.31. The molecule has 0 aromatic heterocycles. The molecule has 8 nitrogen and oxygen atoms in total. The third-order valence-electron chi connectivity index (χ3n) is 7.82. The number of rotatable bonds is 10. The first-order chi connectivity index (χ1) is 20.4. The van der Waals surface area contributed by atoms with Gasteiger partial charge in [-0.05, 0) is 75.1 Å². The first kappa shape index (κ1) is 28.5. The van der Waals surface area contributed by atoms with Gasteiger partial charge in [0.1, 0.15) is 12.3 Å². The van der Waals surface area contributed by atoms with Crippen molar-refractivity contribution in [1.29, 1.82) is 0 Å². The number of morpholine rings is 1. The van der Waals surface area contributed by atoms with Gasteiger partial charge in [0, 0.05) is 36.3 Å². The van der Waals surface area contributed by atoms with Crippen molar-refractivity contribution < 1.29 is 14.3 Å². The fraction of sp³-hybridized carbons (Fsp3) is 0.394. The number of likely N-dealkylation sites (tertiary alicyclic amines) is 1. The molecular weight excluding hydrogens is 550 g/mol. The average molecular weight is 588 g/mol. The fourth-order valence-electron chi connectivity index (χ4n) is 5.88. The molecule has 3 unspecified atom stereocenters. The number of amides is 1. The van der Waals surface area contributed by atoms with Crippen LogP contribution in [0.5, 0.6) is 5.75 Å². The van der Waals surface area contributed by atoms with E-state index in [1.165, 1.54) is 18.4 Å². The molecule has 2 fully saturated rings. The third kappa shape index (κ3) is 6.72. The van der Waals surface area contributed by atoms with Crippen molar-refractivity contribution in [2.75, 3.05) is 31.2 Å². The van der Waals surface area contributed by atoms with Gasteiger partial charge in [-0.2, -0.15) is 0 Å². The van der Waals surface area contributed by atoms with Crippen LogP contribution < -0.4 is 15.1 Å². The van der Waals surface area contributed by atoms with Crippen molar-refractivity contribution in [3.8, 4) is 5.75 Å². The number of hydrogen-bond acceptors (Lipinski definition) is 7. The summed E-state index contributed by atoms with van der Waals surface area (Å²) in [5.74, 6) is 1.18. The highest BCUT2D eigenvalue weighted by Gasteiger charge is 2.39. The number of para-hydroxylation sites is 1. The van der Waals surface area contributed by atoms with Gasteiger partial charge < -0.3 is 14.8 Å². The average Bonchev–Trinajstić information content (AvgIpc) is 3.50. The number of nitrogens with zero attached hydrogens (tertiary/aromatic N) is 4. The Kier molecular flexibility index (Phi) is 8.65. The Hall–Kier alpha value is -3.59. The summed E-state index contributed by atoms with van der Waals surface area (Å²) in [6.07, 6.45) is 3.47. The summed E-state index contributed by atoms with van der Waals surface area (Å²) >= 11 is 6.38. The quantitative estimate of drug-likeness (QED) is 0.355. The minimum Gasteiger partial charge on any atom is -0.450 e. The van der Waals surface area contributed by atoms with Crippen molar-refractivity contribution in [3.63, 3.8) is 0 Å². The molecule has 3 aliphatic rings. The molecule has 3 aromatic carbocycles. The Labute approximate surface area is 252 Å². The number of ether oxygens (including phenoxy) is 2. The van der Waals surface area contributed by atoms with Crippen LogP contribution in [-0.2, 0) is 16.0 Å². The van der Waals surface area contributed by atoms with Crippen LogP contribution in [0.25, 0.3) is 0 Å². The molecule has 6 rings (SSSR count). The number of hydrogen-bond donors (Lipinski definition) is 1. The molecule has 2 bridgehead atoms. The van der Waals surface area contributed by atoms with E-state index in [2.05, 4.69) is 34.5 Å². The molecule has 3 aromatic rings. The maximum atomic E-state index is 13.1. The Balaban J connectivity index is 1.27. The first-order valence-electron chi connectivity index (χ1n) is 14.8. The van der Waals surface area contributed by atoms with E-state index < -0.39 is 6.35 Å². The predicted molar refractivity (Wildman–Crippen MR) is 166 cm³/mol. The standard InChI is InChI=1S/C33H38ClN5O3/c1-23(2)35-31(40)22-38-32(25-7-6-8-26(34)19-25)36-39(33(38)42-28-9-4-3-5-10-28)27-13-11-24(12-14-27)17-18-37-20-29-15-16-30(21-37)41-29/h3-14,19,23,29-30,33H,15-18,20-22H2,1-2H3,(H,35,40). The van der Waals surface area contributed by atoms with Gasteiger partial charge in [-0.15, -0.1) is 5.10 Å². The van der Waals surface area contributed by atoms with Crippen LogP contribution in [0, 0.1) is 0 Å². The molecule has 42 heavy (non-hydrogen) atoms. The number of nitrogens with one attached hydrogen (secondary N) is 1. The lowest BCUT2D eigenvalue weighted by Gasteiger charge is -2.32. The Morgan fingerprint density at radius 2 is 1.76 bits per heavy atom. The molecular formula is C33H38ClN5O3. The molecule has 2 saturated heterocycles. The van der Waals surface area contributed by atoms with E-state index in [9.17, 15) is 4.79 Å². The van der Waals surface area contributed by atoms with E-state index >= 15 is 0 Å². The van der Waals surface area contributed by atoms with E-state index in [0.29, 0.717) is 28.8 Å². The highest BCUT2D eigenvalue weighted by atomic mass is 35.5. The van der Waals surface area contributed by atoms with Crippen molar-refractivity contribution in [3.05, 3.63) is 95.0 Å². The topological polar surface area (TPSA) is 69.6 Å². The number of carbonyl (C=O) groups excluding carboxylic acids is 1. The highest BCUT2D eigenvalue weighted by Crippen LogP contribution is 2.31. The summed E-state index contributed by atoms with van der Waals surface area (Å²) in [6, 6.07) is 25.6. The van der Waals surface area contributed by atoms with Gasteiger partial charge in [-0.1, -0.05) is 54.1 Å². The van der Waals surface area contributed by atoms with Crippen molar-refractivity contribution >= 4 is 29.0 Å². The maximum absolute atomic E-state index is 13.1. The summed E-state index contributed by atoms with van der Waals surface area (Å²) in [6.45, 7) is 7.04. The van der Waals surface area contributed by atoms with Crippen molar-refractivity contribution in [2.24, 2.45) is 5.10 Å². The molecule has 0 saturated carbocycles. The maximum Gasteiger partial charge on any atom is 0.274 e. The van der Waals surface area contributed by atoms with Gasteiger partial charge in [-0.25, -0.2) is 5.01 Å². The molecule has 1 N–H and O–H groups in total. The smallest absolute Gasteiger partial charge is 0.274 e. The molecule has 0 spiro atoms. The Morgan fingerprint density at radius 1 is 1.02 bits per heavy atom. The number of anilines is 1. The minimum absolute atomic E-state index is 0.0106. The van der Waals surface area contributed by atoms with Gasteiger partial charge in [0.15, 0.2) is 5.84 Å². The van der Waals surface area contributed by atoms with Gasteiger partial charge >= 0.3 is 0 Å². The van der Waals surface area contributed by atoms with E-state index in [1.54, 1.807) is 0 Å². The second-order valence-corrected chi connectivity index (χ2v) is 12.0. The number of fused-ring (bicyclic) bond motifs is 2. The second-order valence-electron chi connectivity index (χ2n) is 11.5. The van der Waals surface area contributed by atoms with E-state index in [0.717, 1.165) is 37.3 Å². The molecule has 220 valence electrons. The monoisotopic (exact) mass is 587 g/mol.